The molecule has 2 heterocycles. The van der Waals surface area contributed by atoms with Crippen LogP contribution >= 0.6 is 0 Å². The average Bonchev–Trinajstić information content (AvgIpc) is 2.88. The number of allylic oxidation sites excluding steroid dienone is 1. The minimum absolute atomic E-state index is 0.348. The Hall–Kier alpha value is -1.24. The van der Waals surface area contributed by atoms with Gasteiger partial charge in [0.1, 0.15) is 5.70 Å². The van der Waals surface area contributed by atoms with E-state index in [4.69, 9.17) is 4.74 Å². The number of alkyl halides is 3. The maximum absolute atomic E-state index is 13.0. The summed E-state index contributed by atoms with van der Waals surface area (Å²) in [6.45, 7) is 2.18. The molecule has 2 aliphatic heterocycles. The molecule has 2 saturated heterocycles. The number of rotatable bonds is 2. The Labute approximate surface area is 109 Å². The Bertz CT molecular complexity index is 356. The first-order chi connectivity index (χ1) is 8.98. The number of morpholine rings is 1. The van der Waals surface area contributed by atoms with Crippen molar-refractivity contribution in [3.05, 3.63) is 11.8 Å². The van der Waals surface area contributed by atoms with Crippen LogP contribution in [0.25, 0.3) is 0 Å². The van der Waals surface area contributed by atoms with Crippen LogP contribution in [0.4, 0.5) is 13.2 Å². The molecule has 2 fully saturated rings. The third-order valence-corrected chi connectivity index (χ3v) is 3.32. The van der Waals surface area contributed by atoms with Crippen molar-refractivity contribution in [1.82, 2.24) is 9.80 Å². The first-order valence-corrected chi connectivity index (χ1v) is 6.39. The van der Waals surface area contributed by atoms with Crippen molar-refractivity contribution in [1.29, 1.82) is 0 Å². The smallest absolute Gasteiger partial charge is 0.378 e. The van der Waals surface area contributed by atoms with Crippen LogP contribution in [0.2, 0.25) is 0 Å². The van der Waals surface area contributed by atoms with Crippen LogP contribution in [0.3, 0.4) is 0 Å². The van der Waals surface area contributed by atoms with Crippen molar-refractivity contribution >= 4 is 5.91 Å². The lowest BCUT2D eigenvalue weighted by Crippen LogP contribution is -2.41. The zero-order valence-corrected chi connectivity index (χ0v) is 10.6. The maximum Gasteiger partial charge on any atom is 0.431 e. The molecule has 4 nitrogen and oxygen atoms in total. The van der Waals surface area contributed by atoms with Crippen LogP contribution in [0.15, 0.2) is 11.8 Å². The summed E-state index contributed by atoms with van der Waals surface area (Å²) in [6, 6.07) is 0. The van der Waals surface area contributed by atoms with Gasteiger partial charge in [0, 0.05) is 32.3 Å². The van der Waals surface area contributed by atoms with Gasteiger partial charge >= 0.3 is 6.18 Å². The van der Waals surface area contributed by atoms with Crippen LogP contribution in [-0.2, 0) is 9.53 Å². The van der Waals surface area contributed by atoms with Crippen LogP contribution < -0.4 is 0 Å². The summed E-state index contributed by atoms with van der Waals surface area (Å²) in [7, 11) is 0. The molecule has 0 bridgehead atoms. The molecule has 0 saturated carbocycles. The lowest BCUT2D eigenvalue weighted by Gasteiger charge is -2.28. The van der Waals surface area contributed by atoms with Crippen LogP contribution in [-0.4, -0.2) is 61.3 Å². The molecule has 0 spiro atoms. The fourth-order valence-corrected chi connectivity index (χ4v) is 2.30. The molecule has 108 valence electrons. The Balaban J connectivity index is 2.12. The lowest BCUT2D eigenvalue weighted by molar-refractivity contribution is -0.132. The number of ether oxygens (including phenoxy) is 1. The number of carbonyl (C=O) groups excluding carboxylic acids is 1. The largest absolute Gasteiger partial charge is 0.431 e. The number of hydrogen-bond donors (Lipinski definition) is 0. The molecule has 2 rings (SSSR count). The highest BCUT2D eigenvalue weighted by molar-refractivity contribution is 5.88. The number of nitrogens with zero attached hydrogens (tertiary/aromatic N) is 2. The molecule has 0 aromatic carbocycles. The van der Waals surface area contributed by atoms with Crippen LogP contribution in [0, 0.1) is 0 Å². The minimum Gasteiger partial charge on any atom is -0.378 e. The van der Waals surface area contributed by atoms with Gasteiger partial charge in [-0.25, -0.2) is 0 Å². The summed E-state index contributed by atoms with van der Waals surface area (Å²) in [5.41, 5.74) is -0.818. The van der Waals surface area contributed by atoms with Crippen molar-refractivity contribution in [2.75, 3.05) is 39.4 Å². The number of amides is 1. The molecule has 1 amide bonds. The van der Waals surface area contributed by atoms with Gasteiger partial charge in [0.15, 0.2) is 0 Å². The minimum atomic E-state index is -4.48. The summed E-state index contributed by atoms with van der Waals surface area (Å²) in [6.07, 6.45) is -2.28. The molecule has 19 heavy (non-hydrogen) atoms. The van der Waals surface area contributed by atoms with E-state index >= 15 is 0 Å². The van der Waals surface area contributed by atoms with Gasteiger partial charge in [0.2, 0.25) is 5.91 Å². The molecule has 2 aliphatic rings. The lowest BCUT2D eigenvalue weighted by atomic mass is 10.3. The topological polar surface area (TPSA) is 32.8 Å². The average molecular weight is 278 g/mol. The fraction of sp³-hybridized carbons (Fsp3) is 0.750. The van der Waals surface area contributed by atoms with E-state index in [0.717, 1.165) is 18.9 Å². The van der Waals surface area contributed by atoms with Crippen molar-refractivity contribution in [3.63, 3.8) is 0 Å². The number of hydrogen-bond acceptors (Lipinski definition) is 3. The van der Waals surface area contributed by atoms with Crippen molar-refractivity contribution < 1.29 is 22.7 Å². The van der Waals surface area contributed by atoms with Crippen molar-refractivity contribution in [3.8, 4) is 0 Å². The van der Waals surface area contributed by atoms with Gasteiger partial charge in [-0.05, 0) is 12.8 Å². The van der Waals surface area contributed by atoms with Gasteiger partial charge in [-0.1, -0.05) is 0 Å². The normalized spacial score (nSPS) is 21.9. The van der Waals surface area contributed by atoms with E-state index in [1.54, 1.807) is 0 Å². The zero-order valence-electron chi connectivity index (χ0n) is 10.6. The molecule has 0 aromatic rings. The summed E-state index contributed by atoms with van der Waals surface area (Å²) in [5, 5.41) is 0. The van der Waals surface area contributed by atoms with E-state index in [-0.39, 0.29) is 0 Å². The SMILES string of the molecule is O=C(C=C(N1CCCC1)C(F)(F)F)N1CCOCC1. The predicted octanol–water partition coefficient (Wildman–Crippen LogP) is 1.39. The standard InChI is InChI=1S/C12H17F3N2O2/c13-12(14,15)10(16-3-1-2-4-16)9-11(18)17-5-7-19-8-6-17/h9H,1-8H2. The monoisotopic (exact) mass is 278 g/mol. The second-order valence-electron chi connectivity index (χ2n) is 4.66. The Kier molecular flexibility index (Phi) is 4.34. The van der Waals surface area contributed by atoms with Crippen LogP contribution in [0.5, 0.6) is 0 Å². The Morgan fingerprint density at radius 1 is 1.00 bits per heavy atom. The summed E-state index contributed by atoms with van der Waals surface area (Å²) in [5.74, 6) is -0.581. The van der Waals surface area contributed by atoms with Gasteiger partial charge in [-0.15, -0.1) is 0 Å². The first kappa shape index (κ1) is 14.2. The molecule has 0 atom stereocenters. The van der Waals surface area contributed by atoms with Gasteiger partial charge in [0.25, 0.3) is 0 Å². The molecule has 0 aliphatic carbocycles. The third-order valence-electron chi connectivity index (χ3n) is 3.32. The van der Waals surface area contributed by atoms with Gasteiger partial charge < -0.3 is 14.5 Å². The second kappa shape index (κ2) is 5.81. The maximum atomic E-state index is 13.0. The second-order valence-corrected chi connectivity index (χ2v) is 4.66. The van der Waals surface area contributed by atoms with Gasteiger partial charge in [-0.3, -0.25) is 4.79 Å². The summed E-state index contributed by atoms with van der Waals surface area (Å²) in [4.78, 5) is 14.5. The Morgan fingerprint density at radius 2 is 1.58 bits per heavy atom. The van der Waals surface area contributed by atoms with E-state index in [9.17, 15) is 18.0 Å². The van der Waals surface area contributed by atoms with Crippen molar-refractivity contribution in [2.24, 2.45) is 0 Å². The highest BCUT2D eigenvalue weighted by Crippen LogP contribution is 2.31. The highest BCUT2D eigenvalue weighted by Gasteiger charge is 2.39. The van der Waals surface area contributed by atoms with Crippen molar-refractivity contribution in [2.45, 2.75) is 19.0 Å². The molecular formula is C12H17F3N2O2. The number of halogens is 3. The van der Waals surface area contributed by atoms with E-state index < -0.39 is 17.8 Å². The molecule has 7 heteroatoms. The molecular weight excluding hydrogens is 261 g/mol. The van der Waals surface area contributed by atoms with E-state index in [2.05, 4.69) is 0 Å². The zero-order chi connectivity index (χ0) is 13.9. The number of likely N-dealkylation sites (tertiary alicyclic amines) is 1. The van der Waals surface area contributed by atoms with E-state index in [1.165, 1.54) is 9.80 Å². The molecule has 0 aromatic heterocycles. The quantitative estimate of drug-likeness (QED) is 0.716. The third kappa shape index (κ3) is 3.62. The van der Waals surface area contributed by atoms with Gasteiger partial charge in [-0.2, -0.15) is 13.2 Å². The highest BCUT2D eigenvalue weighted by atomic mass is 19.4. The van der Waals surface area contributed by atoms with E-state index in [1.807, 2.05) is 0 Å². The molecule has 0 unspecified atom stereocenters. The first-order valence-electron chi connectivity index (χ1n) is 6.39. The van der Waals surface area contributed by atoms with Gasteiger partial charge in [0.05, 0.1) is 13.2 Å². The summed E-state index contributed by atoms with van der Waals surface area (Å²) >= 11 is 0. The van der Waals surface area contributed by atoms with Crippen LogP contribution in [0.1, 0.15) is 12.8 Å². The molecule has 0 radical (unpaired) electrons. The predicted molar refractivity (Wildman–Crippen MR) is 62.3 cm³/mol. The summed E-state index contributed by atoms with van der Waals surface area (Å²) < 4.78 is 44.1. The fourth-order valence-electron chi connectivity index (χ4n) is 2.30. The molecule has 0 N–H and O–H groups in total. The Morgan fingerprint density at radius 3 is 2.11 bits per heavy atom. The van der Waals surface area contributed by atoms with E-state index in [0.29, 0.717) is 39.4 Å². The number of carbonyl (C=O) groups is 1.